The molecule has 0 atom stereocenters. The molecule has 3 aromatic rings. The van der Waals surface area contributed by atoms with Gasteiger partial charge in [0.1, 0.15) is 11.6 Å². The Labute approximate surface area is 165 Å². The highest BCUT2D eigenvalue weighted by atomic mass is 19.4. The van der Waals surface area contributed by atoms with E-state index in [-0.39, 0.29) is 16.5 Å². The molecule has 2 heterocycles. The summed E-state index contributed by atoms with van der Waals surface area (Å²) in [6.07, 6.45) is -1.05. The van der Waals surface area contributed by atoms with E-state index in [0.29, 0.717) is 25.4 Å². The molecule has 0 saturated heterocycles. The van der Waals surface area contributed by atoms with Gasteiger partial charge in [-0.25, -0.2) is 4.98 Å². The van der Waals surface area contributed by atoms with E-state index in [1.807, 2.05) is 37.3 Å². The third-order valence-electron chi connectivity index (χ3n) is 4.87. The average Bonchev–Trinajstić information content (AvgIpc) is 3.09. The standard InChI is InChI=1S/C22H19F3N2O2/c1-2-11-29-17-6-3-14(4-7-17)12-15-9-10-27-20(15)26-19-13-16(22(23,24)25)5-8-18(19)21(27)28/h3-8,12-13H,2,9-11H2,1H3/b15-12+. The number of hydrogen-bond donors (Lipinski definition) is 0. The van der Waals surface area contributed by atoms with E-state index in [2.05, 4.69) is 4.98 Å². The number of allylic oxidation sites excluding steroid dienone is 1. The summed E-state index contributed by atoms with van der Waals surface area (Å²) in [6.45, 7) is 3.14. The number of hydrogen-bond acceptors (Lipinski definition) is 3. The number of nitrogens with zero attached hydrogens (tertiary/aromatic N) is 2. The van der Waals surface area contributed by atoms with Crippen LogP contribution in [0.2, 0.25) is 0 Å². The van der Waals surface area contributed by atoms with E-state index in [1.54, 1.807) is 0 Å². The van der Waals surface area contributed by atoms with Crippen LogP contribution < -0.4 is 10.3 Å². The van der Waals surface area contributed by atoms with Crippen LogP contribution in [0.5, 0.6) is 5.75 Å². The molecule has 0 radical (unpaired) electrons. The first-order chi connectivity index (χ1) is 13.9. The van der Waals surface area contributed by atoms with E-state index >= 15 is 0 Å². The predicted molar refractivity (Wildman–Crippen MR) is 106 cm³/mol. The number of rotatable bonds is 4. The van der Waals surface area contributed by atoms with Gasteiger partial charge in [-0.15, -0.1) is 0 Å². The first-order valence-corrected chi connectivity index (χ1v) is 9.42. The summed E-state index contributed by atoms with van der Waals surface area (Å²) in [6, 6.07) is 10.6. The Morgan fingerprint density at radius 3 is 2.62 bits per heavy atom. The third-order valence-corrected chi connectivity index (χ3v) is 4.87. The molecule has 4 rings (SSSR count). The smallest absolute Gasteiger partial charge is 0.416 e. The third kappa shape index (κ3) is 3.77. The molecule has 150 valence electrons. The normalized spacial score (nSPS) is 15.1. The molecule has 0 fully saturated rings. The molecule has 0 bridgehead atoms. The van der Waals surface area contributed by atoms with Gasteiger partial charge in [0, 0.05) is 6.54 Å². The van der Waals surface area contributed by atoms with Gasteiger partial charge in [-0.1, -0.05) is 19.1 Å². The van der Waals surface area contributed by atoms with Crippen LogP contribution in [0.4, 0.5) is 13.2 Å². The molecule has 0 spiro atoms. The van der Waals surface area contributed by atoms with Crippen LogP contribution in [-0.4, -0.2) is 16.2 Å². The van der Waals surface area contributed by atoms with Crippen LogP contribution in [0, 0.1) is 0 Å². The summed E-state index contributed by atoms with van der Waals surface area (Å²) < 4.78 is 46.2. The van der Waals surface area contributed by atoms with Crippen LogP contribution in [0.25, 0.3) is 22.6 Å². The fourth-order valence-electron chi connectivity index (χ4n) is 3.41. The van der Waals surface area contributed by atoms with Gasteiger partial charge in [0.2, 0.25) is 0 Å². The number of fused-ring (bicyclic) bond motifs is 2. The Morgan fingerprint density at radius 2 is 1.93 bits per heavy atom. The Hall–Kier alpha value is -3.09. The monoisotopic (exact) mass is 400 g/mol. The van der Waals surface area contributed by atoms with Gasteiger partial charge in [-0.05, 0) is 60.4 Å². The molecular weight excluding hydrogens is 381 g/mol. The second kappa shape index (κ2) is 7.39. The number of ether oxygens (including phenoxy) is 1. The zero-order chi connectivity index (χ0) is 20.6. The van der Waals surface area contributed by atoms with E-state index < -0.39 is 11.7 Å². The summed E-state index contributed by atoms with van der Waals surface area (Å²) in [5, 5.41) is 0.195. The molecule has 7 heteroatoms. The van der Waals surface area contributed by atoms with Crippen LogP contribution in [0.15, 0.2) is 47.3 Å². The molecular formula is C22H19F3N2O2. The lowest BCUT2D eigenvalue weighted by atomic mass is 10.1. The van der Waals surface area contributed by atoms with Crippen molar-refractivity contribution in [3.63, 3.8) is 0 Å². The topological polar surface area (TPSA) is 44.1 Å². The van der Waals surface area contributed by atoms with Crippen molar-refractivity contribution in [2.75, 3.05) is 6.61 Å². The molecule has 1 aliphatic heterocycles. The van der Waals surface area contributed by atoms with E-state index in [9.17, 15) is 18.0 Å². The molecule has 2 aromatic carbocycles. The zero-order valence-electron chi connectivity index (χ0n) is 15.8. The number of halogens is 3. The fourth-order valence-corrected chi connectivity index (χ4v) is 3.41. The molecule has 1 aliphatic rings. The largest absolute Gasteiger partial charge is 0.494 e. The summed E-state index contributed by atoms with van der Waals surface area (Å²) in [5.41, 5.74) is 0.671. The fraction of sp³-hybridized carbons (Fsp3) is 0.273. The Bertz CT molecular complexity index is 1150. The van der Waals surface area contributed by atoms with E-state index in [4.69, 9.17) is 4.74 Å². The maximum Gasteiger partial charge on any atom is 0.416 e. The molecule has 4 nitrogen and oxygen atoms in total. The minimum absolute atomic E-state index is 0.0622. The lowest BCUT2D eigenvalue weighted by molar-refractivity contribution is -0.137. The minimum atomic E-state index is -4.48. The highest BCUT2D eigenvalue weighted by Crippen LogP contribution is 2.32. The van der Waals surface area contributed by atoms with Gasteiger partial charge in [0.15, 0.2) is 0 Å². The average molecular weight is 400 g/mol. The summed E-state index contributed by atoms with van der Waals surface area (Å²) in [4.78, 5) is 17.1. The van der Waals surface area contributed by atoms with Crippen LogP contribution in [0.3, 0.4) is 0 Å². The minimum Gasteiger partial charge on any atom is -0.494 e. The van der Waals surface area contributed by atoms with Crippen molar-refractivity contribution in [2.24, 2.45) is 0 Å². The SMILES string of the molecule is CCCOc1ccc(/C=C2\CCn3c2nc2cc(C(F)(F)F)ccc2c3=O)cc1. The van der Waals surface area contributed by atoms with Crippen LogP contribution in [-0.2, 0) is 12.7 Å². The highest BCUT2D eigenvalue weighted by Gasteiger charge is 2.31. The quantitative estimate of drug-likeness (QED) is 0.609. The maximum absolute atomic E-state index is 13.0. The van der Waals surface area contributed by atoms with E-state index in [1.165, 1.54) is 10.6 Å². The second-order valence-corrected chi connectivity index (χ2v) is 6.96. The van der Waals surface area contributed by atoms with Gasteiger partial charge in [-0.2, -0.15) is 13.2 Å². The van der Waals surface area contributed by atoms with Gasteiger partial charge in [-0.3, -0.25) is 9.36 Å². The second-order valence-electron chi connectivity index (χ2n) is 6.96. The molecule has 0 saturated carbocycles. The molecule has 1 aromatic heterocycles. The lowest BCUT2D eigenvalue weighted by Gasteiger charge is -2.09. The van der Waals surface area contributed by atoms with Crippen molar-refractivity contribution in [3.8, 4) is 5.75 Å². The van der Waals surface area contributed by atoms with Gasteiger partial charge < -0.3 is 4.74 Å². The predicted octanol–water partition coefficient (Wildman–Crippen LogP) is 5.15. The van der Waals surface area contributed by atoms with E-state index in [0.717, 1.165) is 35.4 Å². The molecule has 0 amide bonds. The first-order valence-electron chi connectivity index (χ1n) is 9.42. The summed E-state index contributed by atoms with van der Waals surface area (Å²) in [7, 11) is 0. The van der Waals surface area contributed by atoms with Crippen molar-refractivity contribution in [3.05, 3.63) is 69.8 Å². The van der Waals surface area contributed by atoms with Crippen molar-refractivity contribution < 1.29 is 17.9 Å². The van der Waals surface area contributed by atoms with Crippen molar-refractivity contribution >= 4 is 22.6 Å². The van der Waals surface area contributed by atoms with Crippen molar-refractivity contribution in [1.29, 1.82) is 0 Å². The molecule has 29 heavy (non-hydrogen) atoms. The molecule has 0 aliphatic carbocycles. The number of benzene rings is 2. The summed E-state index contributed by atoms with van der Waals surface area (Å²) >= 11 is 0. The van der Waals surface area contributed by atoms with Gasteiger partial charge in [0.25, 0.3) is 5.56 Å². The van der Waals surface area contributed by atoms with Crippen LogP contribution >= 0.6 is 0 Å². The van der Waals surface area contributed by atoms with Crippen molar-refractivity contribution in [1.82, 2.24) is 9.55 Å². The first kappa shape index (κ1) is 19.2. The molecule has 0 unspecified atom stereocenters. The van der Waals surface area contributed by atoms with Gasteiger partial charge in [0.05, 0.1) is 23.1 Å². The van der Waals surface area contributed by atoms with Gasteiger partial charge >= 0.3 is 6.18 Å². The lowest BCUT2D eigenvalue weighted by Crippen LogP contribution is -2.21. The summed E-state index contributed by atoms with van der Waals surface area (Å²) in [5.74, 6) is 1.20. The van der Waals surface area contributed by atoms with Crippen molar-refractivity contribution in [2.45, 2.75) is 32.5 Å². The Balaban J connectivity index is 1.73. The number of aromatic nitrogens is 2. The maximum atomic E-state index is 13.0. The zero-order valence-corrected chi connectivity index (χ0v) is 15.8. The Kier molecular flexibility index (Phi) is 4.90. The molecule has 0 N–H and O–H groups in total. The number of alkyl halides is 3. The van der Waals surface area contributed by atoms with Crippen LogP contribution in [0.1, 0.15) is 36.7 Å². The highest BCUT2D eigenvalue weighted by molar-refractivity contribution is 5.85. The Morgan fingerprint density at radius 1 is 1.17 bits per heavy atom.